The van der Waals surface area contributed by atoms with Gasteiger partial charge in [0.2, 0.25) is 11.9 Å². The third kappa shape index (κ3) is 5.99. The molecule has 1 amide bonds. The minimum Gasteiger partial charge on any atom is -0.478 e. The van der Waals surface area contributed by atoms with Crippen LogP contribution in [0, 0.1) is 11.7 Å². The average molecular weight is 617 g/mol. The molecule has 4 aliphatic heterocycles. The van der Waals surface area contributed by atoms with Gasteiger partial charge in [-0.05, 0) is 68.2 Å². The highest BCUT2D eigenvalue weighted by Crippen LogP contribution is 2.40. The zero-order valence-corrected chi connectivity index (χ0v) is 25.9. The van der Waals surface area contributed by atoms with Gasteiger partial charge in [-0.15, -0.1) is 0 Å². The zero-order chi connectivity index (χ0) is 31.1. The minimum absolute atomic E-state index is 0.0863. The van der Waals surface area contributed by atoms with Gasteiger partial charge in [-0.3, -0.25) is 9.48 Å². The minimum atomic E-state index is -1.01. The molecule has 3 aromatic rings. The largest absolute Gasteiger partial charge is 0.478 e. The van der Waals surface area contributed by atoms with Crippen molar-refractivity contribution in [2.45, 2.75) is 64.5 Å². The Labute approximate surface area is 262 Å². The van der Waals surface area contributed by atoms with Crippen LogP contribution in [0.15, 0.2) is 30.6 Å². The lowest BCUT2D eigenvalue weighted by Crippen LogP contribution is -2.42. The number of fused-ring (bicyclic) bond motifs is 2. The Morgan fingerprint density at radius 1 is 0.978 bits per heavy atom. The Morgan fingerprint density at radius 3 is 2.44 bits per heavy atom. The lowest BCUT2D eigenvalue weighted by molar-refractivity contribution is -0.129. The normalized spacial score (nSPS) is 19.8. The molecular weight excluding hydrogens is 575 g/mol. The van der Waals surface area contributed by atoms with Crippen LogP contribution in [-0.4, -0.2) is 92.3 Å². The van der Waals surface area contributed by atoms with E-state index in [9.17, 15) is 14.0 Å². The van der Waals surface area contributed by atoms with E-state index in [0.29, 0.717) is 31.0 Å². The average Bonchev–Trinajstić information content (AvgIpc) is 3.44. The van der Waals surface area contributed by atoms with E-state index in [4.69, 9.17) is 10.2 Å². The second-order valence-corrected chi connectivity index (χ2v) is 13.0. The zero-order valence-electron chi connectivity index (χ0n) is 25.9. The smallest absolute Gasteiger partial charge is 0.338 e. The molecule has 6 heterocycles. The van der Waals surface area contributed by atoms with Crippen LogP contribution in [0.2, 0.25) is 0 Å². The molecule has 0 unspecified atom stereocenters. The van der Waals surface area contributed by atoms with Gasteiger partial charge in [-0.2, -0.15) is 5.10 Å². The number of hydrogen-bond acceptors (Lipinski definition) is 8. The van der Waals surface area contributed by atoms with Gasteiger partial charge in [-0.1, -0.05) is 0 Å². The number of amides is 1. The van der Waals surface area contributed by atoms with Crippen LogP contribution in [0.25, 0.3) is 0 Å². The number of likely N-dealkylation sites (tertiary alicyclic amines) is 1. The summed E-state index contributed by atoms with van der Waals surface area (Å²) in [6, 6.07) is 5.39. The predicted octanol–water partition coefficient (Wildman–Crippen LogP) is 4.05. The Bertz CT molecular complexity index is 1560. The Hall–Kier alpha value is -4.06. The number of anilines is 3. The van der Waals surface area contributed by atoms with Crippen molar-refractivity contribution in [3.05, 3.63) is 58.8 Å². The van der Waals surface area contributed by atoms with E-state index >= 15 is 0 Å². The summed E-state index contributed by atoms with van der Waals surface area (Å²) in [7, 11) is 0. The lowest BCUT2D eigenvalue weighted by atomic mass is 9.94. The number of carbonyl (C=O) groups is 2. The fourth-order valence-electron chi connectivity index (χ4n) is 7.62. The summed E-state index contributed by atoms with van der Waals surface area (Å²) >= 11 is 0. The number of aromatic nitrogens is 4. The van der Waals surface area contributed by atoms with Crippen LogP contribution in [0.1, 0.15) is 72.2 Å². The maximum atomic E-state index is 14.1. The second-order valence-electron chi connectivity index (χ2n) is 13.0. The fraction of sp³-hybridized carbons (Fsp3) is 0.545. The molecule has 0 radical (unpaired) electrons. The molecule has 45 heavy (non-hydrogen) atoms. The molecule has 7 rings (SSSR count). The predicted molar refractivity (Wildman–Crippen MR) is 167 cm³/mol. The van der Waals surface area contributed by atoms with Gasteiger partial charge in [-0.25, -0.2) is 19.2 Å². The molecule has 2 saturated heterocycles. The molecule has 4 aliphatic rings. The number of hydrogen-bond donors (Lipinski definition) is 1. The third-order valence-corrected chi connectivity index (χ3v) is 10.1. The van der Waals surface area contributed by atoms with Gasteiger partial charge in [0, 0.05) is 88.5 Å². The number of benzene rings is 1. The summed E-state index contributed by atoms with van der Waals surface area (Å²) in [5.41, 5.74) is 4.55. The standard InChI is InChI=1S/C33H41FN8O3/c1-22(43)40-16-10-30-28(21-40)31(41-11-2-3-24-17-26(34)4-5-29(24)41)37-42(30)27-8-12-38(13-9-27)20-23-6-14-39(15-7-23)33-35-18-25(19-36-33)32(44)45/h4-5,17-19,23,27H,2-3,6-16,20-21H2,1H3,(H,44,45). The van der Waals surface area contributed by atoms with Crippen LogP contribution in [0.4, 0.5) is 21.8 Å². The quantitative estimate of drug-likeness (QED) is 0.439. The molecule has 238 valence electrons. The molecule has 0 bridgehead atoms. The second kappa shape index (κ2) is 12.4. The summed E-state index contributed by atoms with van der Waals surface area (Å²) in [6.45, 7) is 8.63. The number of carbonyl (C=O) groups excluding carboxylic acids is 1. The van der Waals surface area contributed by atoms with Crippen molar-refractivity contribution >= 4 is 29.3 Å². The number of halogens is 1. The molecule has 2 fully saturated rings. The Kier molecular flexibility index (Phi) is 8.15. The molecule has 2 aromatic heterocycles. The van der Waals surface area contributed by atoms with E-state index in [1.807, 2.05) is 11.0 Å². The number of piperidine rings is 2. The Morgan fingerprint density at radius 2 is 1.73 bits per heavy atom. The summed E-state index contributed by atoms with van der Waals surface area (Å²) in [6.07, 6.45) is 9.56. The topological polar surface area (TPSA) is 111 Å². The molecule has 0 atom stereocenters. The van der Waals surface area contributed by atoms with E-state index in [2.05, 4.69) is 29.3 Å². The summed E-state index contributed by atoms with van der Waals surface area (Å²) in [4.78, 5) is 40.9. The fourth-order valence-corrected chi connectivity index (χ4v) is 7.62. The molecule has 12 heteroatoms. The first kappa shape index (κ1) is 29.6. The van der Waals surface area contributed by atoms with Crippen molar-refractivity contribution < 1.29 is 19.1 Å². The van der Waals surface area contributed by atoms with Crippen LogP contribution in [0.5, 0.6) is 0 Å². The van der Waals surface area contributed by atoms with Crippen LogP contribution >= 0.6 is 0 Å². The van der Waals surface area contributed by atoms with Gasteiger partial charge in [0.25, 0.3) is 0 Å². The molecule has 0 spiro atoms. The number of nitrogens with zero attached hydrogens (tertiary/aromatic N) is 8. The Balaban J connectivity index is 1.01. The summed E-state index contributed by atoms with van der Waals surface area (Å²) in [5.74, 6) is 1.02. The van der Waals surface area contributed by atoms with E-state index in [-0.39, 0.29) is 17.3 Å². The van der Waals surface area contributed by atoms with Crippen LogP contribution < -0.4 is 9.80 Å². The molecule has 0 saturated carbocycles. The van der Waals surface area contributed by atoms with Crippen molar-refractivity contribution in [1.29, 1.82) is 0 Å². The van der Waals surface area contributed by atoms with E-state index in [0.717, 1.165) is 107 Å². The highest BCUT2D eigenvalue weighted by Gasteiger charge is 2.34. The van der Waals surface area contributed by atoms with E-state index in [1.54, 1.807) is 13.0 Å². The summed E-state index contributed by atoms with van der Waals surface area (Å²) < 4.78 is 16.4. The van der Waals surface area contributed by atoms with Gasteiger partial charge in [0.1, 0.15) is 5.82 Å². The lowest BCUT2D eigenvalue weighted by Gasteiger charge is -2.38. The first-order chi connectivity index (χ1) is 21.8. The first-order valence-electron chi connectivity index (χ1n) is 16.3. The van der Waals surface area contributed by atoms with Crippen molar-refractivity contribution in [2.75, 3.05) is 55.6 Å². The summed E-state index contributed by atoms with van der Waals surface area (Å²) in [5, 5.41) is 14.4. The monoisotopic (exact) mass is 616 g/mol. The number of carboxylic acid groups (broad SMARTS) is 1. The number of aromatic carboxylic acids is 1. The maximum absolute atomic E-state index is 14.1. The van der Waals surface area contributed by atoms with Crippen molar-refractivity contribution in [1.82, 2.24) is 29.5 Å². The maximum Gasteiger partial charge on any atom is 0.338 e. The van der Waals surface area contributed by atoms with Gasteiger partial charge >= 0.3 is 5.97 Å². The molecule has 1 N–H and O–H groups in total. The SMILES string of the molecule is CC(=O)N1CCc2c(c(N3CCCc4cc(F)ccc43)nn2C2CCN(CC3CCN(c4ncc(C(=O)O)cn4)CC3)CC2)C1. The van der Waals surface area contributed by atoms with Crippen molar-refractivity contribution in [2.24, 2.45) is 5.92 Å². The highest BCUT2D eigenvalue weighted by molar-refractivity contribution is 5.86. The number of carboxylic acids is 1. The van der Waals surface area contributed by atoms with Crippen molar-refractivity contribution in [3.63, 3.8) is 0 Å². The number of aryl methyl sites for hydroxylation is 1. The molecule has 0 aliphatic carbocycles. The van der Waals surface area contributed by atoms with Crippen LogP contribution in [-0.2, 0) is 24.2 Å². The van der Waals surface area contributed by atoms with Gasteiger partial charge < -0.3 is 24.7 Å². The molecule has 1 aromatic carbocycles. The van der Waals surface area contributed by atoms with Crippen molar-refractivity contribution in [3.8, 4) is 0 Å². The molecule has 11 nitrogen and oxygen atoms in total. The number of rotatable bonds is 6. The van der Waals surface area contributed by atoms with Crippen LogP contribution in [0.3, 0.4) is 0 Å². The first-order valence-corrected chi connectivity index (χ1v) is 16.3. The molecular formula is C33H41FN8O3. The van der Waals surface area contributed by atoms with Gasteiger partial charge in [0.05, 0.1) is 18.2 Å². The third-order valence-electron chi connectivity index (χ3n) is 10.1. The highest BCUT2D eigenvalue weighted by atomic mass is 19.1. The van der Waals surface area contributed by atoms with E-state index in [1.165, 1.54) is 24.2 Å². The van der Waals surface area contributed by atoms with Gasteiger partial charge in [0.15, 0.2) is 5.82 Å². The van der Waals surface area contributed by atoms with E-state index < -0.39 is 5.97 Å².